The molecule has 0 aliphatic rings. The van der Waals surface area contributed by atoms with Gasteiger partial charge in [0.05, 0.1) is 0 Å². The number of hydrogen-bond acceptors (Lipinski definition) is 6. The Morgan fingerprint density at radius 2 is 0.612 bits per heavy atom. The van der Waals surface area contributed by atoms with E-state index in [1.807, 2.05) is 12.2 Å². The Balaban J connectivity index is 4.60. The van der Waals surface area contributed by atoms with Crippen LogP contribution in [0.2, 0.25) is 0 Å². The summed E-state index contributed by atoms with van der Waals surface area (Å²) in [6, 6.07) is 0. The molecule has 67 heavy (non-hydrogen) atoms. The summed E-state index contributed by atoms with van der Waals surface area (Å²) in [4.78, 5) is 38.0. The first kappa shape index (κ1) is 62.5. The van der Waals surface area contributed by atoms with Gasteiger partial charge >= 0.3 is 17.9 Å². The zero-order chi connectivity index (χ0) is 48.6. The zero-order valence-corrected chi connectivity index (χ0v) is 42.9. The molecule has 0 unspecified atom stereocenters. The molecule has 0 radical (unpaired) electrons. The monoisotopic (exact) mass is 925 g/mol. The van der Waals surface area contributed by atoms with Crippen LogP contribution in [0.25, 0.3) is 0 Å². The van der Waals surface area contributed by atoms with Crippen molar-refractivity contribution < 1.29 is 28.6 Å². The average Bonchev–Trinajstić information content (AvgIpc) is 3.33. The van der Waals surface area contributed by atoms with Crippen LogP contribution < -0.4 is 0 Å². The molecule has 1 atom stereocenters. The molecule has 0 saturated carbocycles. The fourth-order valence-corrected chi connectivity index (χ4v) is 6.69. The highest BCUT2D eigenvalue weighted by Crippen LogP contribution is 2.12. The largest absolute Gasteiger partial charge is 0.462 e. The molecule has 0 aliphatic heterocycles. The van der Waals surface area contributed by atoms with E-state index in [-0.39, 0.29) is 50.4 Å². The lowest BCUT2D eigenvalue weighted by Crippen LogP contribution is -2.30. The number of carbonyl (C=O) groups excluding carboxylic acids is 3. The smallest absolute Gasteiger partial charge is 0.306 e. The molecular weight excluding hydrogens is 829 g/mol. The second-order valence-electron chi connectivity index (χ2n) is 17.0. The number of ether oxygens (including phenoxy) is 3. The molecule has 0 aliphatic carbocycles. The molecule has 0 aromatic carbocycles. The number of carbonyl (C=O) groups is 3. The van der Waals surface area contributed by atoms with Gasteiger partial charge in [0, 0.05) is 19.3 Å². The normalized spacial score (nSPS) is 13.2. The van der Waals surface area contributed by atoms with E-state index < -0.39 is 6.10 Å². The Morgan fingerprint density at radius 3 is 1.04 bits per heavy atom. The average molecular weight is 925 g/mol. The molecule has 0 heterocycles. The quantitative estimate of drug-likeness (QED) is 0.0262. The third-order valence-electron chi connectivity index (χ3n) is 10.6. The van der Waals surface area contributed by atoms with E-state index in [0.717, 1.165) is 109 Å². The van der Waals surface area contributed by atoms with Crippen LogP contribution in [0.1, 0.15) is 213 Å². The molecule has 376 valence electrons. The Morgan fingerprint density at radius 1 is 0.313 bits per heavy atom. The van der Waals surface area contributed by atoms with Gasteiger partial charge < -0.3 is 14.2 Å². The first-order valence-corrected chi connectivity index (χ1v) is 26.7. The third kappa shape index (κ3) is 52.4. The van der Waals surface area contributed by atoms with Crippen LogP contribution in [0, 0.1) is 0 Å². The molecule has 0 fully saturated rings. The number of allylic oxidation sites excluding steroid dienone is 22. The topological polar surface area (TPSA) is 78.9 Å². The second kappa shape index (κ2) is 54.2. The lowest BCUT2D eigenvalue weighted by atomic mass is 10.1. The first-order chi connectivity index (χ1) is 33.0. The SMILES string of the molecule is CC/C=C\C/C=C\C/C=C\C/C=C\C/C=C\C/C=C\CCC(=O)OC[C@H](COC(=O)CCCC/C=C\C/C=C\C/C=C\C/C=C\CC)OC(=O)CCCCCCC/C=C\CCCCCCCC. The van der Waals surface area contributed by atoms with Crippen molar-refractivity contribution >= 4 is 17.9 Å². The second-order valence-corrected chi connectivity index (χ2v) is 17.0. The summed E-state index contributed by atoms with van der Waals surface area (Å²) in [5.41, 5.74) is 0. The number of rotatable bonds is 46. The highest BCUT2D eigenvalue weighted by molar-refractivity contribution is 5.71. The molecule has 0 aromatic rings. The van der Waals surface area contributed by atoms with Gasteiger partial charge in [0.2, 0.25) is 0 Å². The fraction of sp³-hybridized carbons (Fsp3) is 0.590. The Kier molecular flexibility index (Phi) is 50.6. The molecule has 0 aromatic heterocycles. The summed E-state index contributed by atoms with van der Waals surface area (Å²) >= 11 is 0. The highest BCUT2D eigenvalue weighted by Gasteiger charge is 2.19. The summed E-state index contributed by atoms with van der Waals surface area (Å²) in [5.74, 6) is -1.07. The Labute approximate surface area is 411 Å². The predicted octanol–water partition coefficient (Wildman–Crippen LogP) is 17.9. The predicted molar refractivity (Wildman–Crippen MR) is 288 cm³/mol. The first-order valence-electron chi connectivity index (χ1n) is 26.7. The molecule has 0 bridgehead atoms. The van der Waals surface area contributed by atoms with Crippen molar-refractivity contribution in [1.82, 2.24) is 0 Å². The van der Waals surface area contributed by atoms with Gasteiger partial charge in [-0.2, -0.15) is 0 Å². The van der Waals surface area contributed by atoms with Gasteiger partial charge in [-0.3, -0.25) is 14.4 Å². The van der Waals surface area contributed by atoms with Crippen LogP contribution in [0.4, 0.5) is 0 Å². The lowest BCUT2D eigenvalue weighted by Gasteiger charge is -2.18. The van der Waals surface area contributed by atoms with E-state index in [0.29, 0.717) is 12.8 Å². The van der Waals surface area contributed by atoms with Gasteiger partial charge in [-0.15, -0.1) is 0 Å². The van der Waals surface area contributed by atoms with Crippen LogP contribution >= 0.6 is 0 Å². The summed E-state index contributed by atoms with van der Waals surface area (Å²) in [7, 11) is 0. The van der Waals surface area contributed by atoms with Crippen molar-refractivity contribution in [3.63, 3.8) is 0 Å². The highest BCUT2D eigenvalue weighted by atomic mass is 16.6. The van der Waals surface area contributed by atoms with Crippen molar-refractivity contribution in [2.24, 2.45) is 0 Å². The minimum atomic E-state index is -0.834. The number of unbranched alkanes of at least 4 members (excludes halogenated alkanes) is 13. The lowest BCUT2D eigenvalue weighted by molar-refractivity contribution is -0.166. The van der Waals surface area contributed by atoms with Gasteiger partial charge in [-0.05, 0) is 122 Å². The maximum Gasteiger partial charge on any atom is 0.306 e. The van der Waals surface area contributed by atoms with Crippen molar-refractivity contribution in [2.45, 2.75) is 219 Å². The molecule has 0 N–H and O–H groups in total. The van der Waals surface area contributed by atoms with Crippen molar-refractivity contribution in [2.75, 3.05) is 13.2 Å². The molecule has 0 spiro atoms. The molecule has 6 heteroatoms. The van der Waals surface area contributed by atoms with Crippen LogP contribution in [-0.2, 0) is 28.6 Å². The summed E-state index contributed by atoms with van der Waals surface area (Å²) in [5, 5.41) is 0. The van der Waals surface area contributed by atoms with Crippen molar-refractivity contribution in [1.29, 1.82) is 0 Å². The molecular formula is C61H96O6. The minimum Gasteiger partial charge on any atom is -0.462 e. The van der Waals surface area contributed by atoms with Crippen LogP contribution in [0.5, 0.6) is 0 Å². The summed E-state index contributed by atoms with van der Waals surface area (Å²) in [6.45, 7) is 6.28. The number of esters is 3. The van der Waals surface area contributed by atoms with E-state index in [9.17, 15) is 14.4 Å². The van der Waals surface area contributed by atoms with Crippen molar-refractivity contribution in [3.05, 3.63) is 134 Å². The Bertz CT molecular complexity index is 1480. The summed E-state index contributed by atoms with van der Waals surface area (Å²) in [6.07, 6.45) is 75.9. The van der Waals surface area contributed by atoms with Crippen LogP contribution in [0.3, 0.4) is 0 Å². The van der Waals surface area contributed by atoms with Gasteiger partial charge in [0.1, 0.15) is 13.2 Å². The van der Waals surface area contributed by atoms with E-state index in [4.69, 9.17) is 14.2 Å². The zero-order valence-electron chi connectivity index (χ0n) is 42.9. The van der Waals surface area contributed by atoms with Crippen molar-refractivity contribution in [3.8, 4) is 0 Å². The van der Waals surface area contributed by atoms with E-state index in [1.165, 1.54) is 51.4 Å². The maximum atomic E-state index is 12.8. The van der Waals surface area contributed by atoms with Gasteiger partial charge in [-0.1, -0.05) is 206 Å². The standard InChI is InChI=1S/C61H96O6/c1-4-7-10-13-16-19-22-25-28-29-30-31-34-36-39-42-45-48-51-54-60(63)66-57-58(67-61(64)55-52-49-46-43-40-37-33-27-24-21-18-15-12-9-6-3)56-65-59(62)53-50-47-44-41-38-35-32-26-23-20-17-14-11-8-5-2/h7-8,10-11,16-17,19-20,25-28,30-33,36,38-39,41,45,48,58H,4-6,9,12-15,18,21-24,29,34-35,37,40,42-44,46-47,49-57H2,1-3H3/b10-7-,11-8-,19-16-,20-17-,28-25-,31-30-,32-26-,33-27-,39-36-,41-38-,48-45-/t58-/m0/s1. The summed E-state index contributed by atoms with van der Waals surface area (Å²) < 4.78 is 16.7. The fourth-order valence-electron chi connectivity index (χ4n) is 6.69. The molecule has 0 rings (SSSR count). The minimum absolute atomic E-state index is 0.131. The number of hydrogen-bond donors (Lipinski definition) is 0. The molecule has 0 amide bonds. The molecule has 6 nitrogen and oxygen atoms in total. The van der Waals surface area contributed by atoms with Gasteiger partial charge in [0.25, 0.3) is 0 Å². The van der Waals surface area contributed by atoms with E-state index in [1.54, 1.807) is 0 Å². The van der Waals surface area contributed by atoms with Crippen LogP contribution in [-0.4, -0.2) is 37.2 Å². The van der Waals surface area contributed by atoms with Gasteiger partial charge in [-0.25, -0.2) is 0 Å². The Hall–Kier alpha value is -4.45. The maximum absolute atomic E-state index is 12.8. The van der Waals surface area contributed by atoms with Crippen LogP contribution in [0.15, 0.2) is 134 Å². The molecule has 0 saturated heterocycles. The van der Waals surface area contributed by atoms with E-state index in [2.05, 4.69) is 142 Å². The van der Waals surface area contributed by atoms with Gasteiger partial charge in [0.15, 0.2) is 6.10 Å². The third-order valence-corrected chi connectivity index (χ3v) is 10.6. The van der Waals surface area contributed by atoms with E-state index >= 15 is 0 Å².